The number of carbonyl (C=O) groups is 1. The van der Waals surface area contributed by atoms with Crippen molar-refractivity contribution in [2.45, 2.75) is 58.7 Å². The van der Waals surface area contributed by atoms with Crippen molar-refractivity contribution in [2.24, 2.45) is 0 Å². The van der Waals surface area contributed by atoms with Gasteiger partial charge < -0.3 is 14.8 Å². The second-order valence-corrected chi connectivity index (χ2v) is 5.50. The molecule has 118 valence electrons. The van der Waals surface area contributed by atoms with Crippen LogP contribution in [0.3, 0.4) is 0 Å². The quantitative estimate of drug-likeness (QED) is 0.788. The molecule has 0 aliphatic carbocycles. The van der Waals surface area contributed by atoms with Crippen LogP contribution in [0.4, 0.5) is 5.69 Å². The molecule has 0 radical (unpaired) electrons. The van der Waals surface area contributed by atoms with Gasteiger partial charge in [0.05, 0.1) is 6.10 Å². The molecular weight excluding hydrogens is 266 g/mol. The first-order valence-electron chi connectivity index (χ1n) is 7.58. The van der Waals surface area contributed by atoms with Crippen LogP contribution in [0.25, 0.3) is 0 Å². The van der Waals surface area contributed by atoms with Crippen LogP contribution in [-0.4, -0.2) is 24.7 Å². The Morgan fingerprint density at radius 1 is 1.29 bits per heavy atom. The van der Waals surface area contributed by atoms with Gasteiger partial charge in [-0.25, -0.2) is 0 Å². The Labute approximate surface area is 127 Å². The van der Waals surface area contributed by atoms with Gasteiger partial charge in [-0.3, -0.25) is 4.79 Å². The lowest BCUT2D eigenvalue weighted by Gasteiger charge is -2.26. The molecule has 0 heterocycles. The number of hydrogen-bond acceptors (Lipinski definition) is 3. The van der Waals surface area contributed by atoms with E-state index in [0.717, 1.165) is 24.3 Å². The second-order valence-electron chi connectivity index (χ2n) is 5.50. The average Bonchev–Trinajstić information content (AvgIpc) is 2.49. The first kappa shape index (κ1) is 17.5. The van der Waals surface area contributed by atoms with Crippen molar-refractivity contribution in [3.63, 3.8) is 0 Å². The van der Waals surface area contributed by atoms with Crippen LogP contribution >= 0.6 is 0 Å². The number of rotatable bonds is 8. The van der Waals surface area contributed by atoms with Crippen LogP contribution in [0.2, 0.25) is 0 Å². The van der Waals surface area contributed by atoms with E-state index in [1.807, 2.05) is 45.0 Å². The van der Waals surface area contributed by atoms with E-state index in [4.69, 9.17) is 9.47 Å². The van der Waals surface area contributed by atoms with E-state index < -0.39 is 5.60 Å². The van der Waals surface area contributed by atoms with Gasteiger partial charge in [-0.2, -0.15) is 0 Å². The molecule has 0 fully saturated rings. The van der Waals surface area contributed by atoms with Crippen molar-refractivity contribution in [3.05, 3.63) is 24.3 Å². The molecule has 2 atom stereocenters. The number of carbonyl (C=O) groups excluding carboxylic acids is 1. The number of nitrogens with one attached hydrogen (secondary N) is 1. The van der Waals surface area contributed by atoms with Crippen molar-refractivity contribution in [2.75, 3.05) is 12.4 Å². The summed E-state index contributed by atoms with van der Waals surface area (Å²) in [7, 11) is 1.57. The van der Waals surface area contributed by atoms with Crippen LogP contribution in [0.1, 0.15) is 47.0 Å². The summed E-state index contributed by atoms with van der Waals surface area (Å²) < 4.78 is 11.1. The van der Waals surface area contributed by atoms with Gasteiger partial charge in [0.2, 0.25) is 0 Å². The van der Waals surface area contributed by atoms with Crippen LogP contribution in [0.5, 0.6) is 5.75 Å². The minimum Gasteiger partial charge on any atom is -0.491 e. The lowest BCUT2D eigenvalue weighted by atomic mass is 9.99. The maximum Gasteiger partial charge on any atom is 0.256 e. The summed E-state index contributed by atoms with van der Waals surface area (Å²) in [5, 5.41) is 2.89. The zero-order chi connectivity index (χ0) is 15.9. The van der Waals surface area contributed by atoms with E-state index in [-0.39, 0.29) is 12.0 Å². The lowest BCUT2D eigenvalue weighted by molar-refractivity contribution is -0.136. The summed E-state index contributed by atoms with van der Waals surface area (Å²) in [5.74, 6) is 0.688. The number of hydrogen-bond donors (Lipinski definition) is 1. The molecule has 0 unspecified atom stereocenters. The van der Waals surface area contributed by atoms with Gasteiger partial charge >= 0.3 is 0 Å². The van der Waals surface area contributed by atoms with Crippen molar-refractivity contribution in [3.8, 4) is 5.75 Å². The molecule has 4 heteroatoms. The summed E-state index contributed by atoms with van der Waals surface area (Å²) in [6.07, 6.45) is 2.72. The number of ether oxygens (including phenoxy) is 2. The minimum atomic E-state index is -0.791. The van der Waals surface area contributed by atoms with Crippen LogP contribution in [0, 0.1) is 0 Å². The average molecular weight is 293 g/mol. The molecule has 1 aromatic carbocycles. The summed E-state index contributed by atoms with van der Waals surface area (Å²) in [6, 6.07) is 7.42. The standard InChI is InChI=1S/C17H27NO3/c1-6-12-17(4,20-5)16(19)18-14-8-10-15(11-9-14)21-13(3)7-2/h8-11,13H,6-7,12H2,1-5H3,(H,18,19)/t13-,17+/m0/s1. The van der Waals surface area contributed by atoms with Gasteiger partial charge in [0.1, 0.15) is 11.4 Å². The van der Waals surface area contributed by atoms with Crippen LogP contribution < -0.4 is 10.1 Å². The van der Waals surface area contributed by atoms with Gasteiger partial charge in [0.25, 0.3) is 5.91 Å². The monoisotopic (exact) mass is 293 g/mol. The Morgan fingerprint density at radius 2 is 1.90 bits per heavy atom. The van der Waals surface area contributed by atoms with E-state index in [1.165, 1.54) is 0 Å². The molecule has 0 saturated heterocycles. The van der Waals surface area contributed by atoms with Crippen molar-refractivity contribution < 1.29 is 14.3 Å². The highest BCUT2D eigenvalue weighted by Crippen LogP contribution is 2.22. The van der Waals surface area contributed by atoms with Crippen molar-refractivity contribution >= 4 is 11.6 Å². The molecule has 1 rings (SSSR count). The van der Waals surface area contributed by atoms with Crippen LogP contribution in [-0.2, 0) is 9.53 Å². The fourth-order valence-corrected chi connectivity index (χ4v) is 1.98. The molecule has 0 aliphatic rings. The summed E-state index contributed by atoms with van der Waals surface area (Å²) in [5.41, 5.74) is -0.0448. The first-order chi connectivity index (χ1) is 9.95. The molecule has 1 amide bonds. The van der Waals surface area contributed by atoms with E-state index in [2.05, 4.69) is 12.2 Å². The van der Waals surface area contributed by atoms with E-state index in [1.54, 1.807) is 7.11 Å². The zero-order valence-electron chi connectivity index (χ0n) is 13.7. The predicted molar refractivity (Wildman–Crippen MR) is 85.8 cm³/mol. The highest BCUT2D eigenvalue weighted by atomic mass is 16.5. The van der Waals surface area contributed by atoms with E-state index >= 15 is 0 Å². The number of methoxy groups -OCH3 is 1. The lowest BCUT2D eigenvalue weighted by Crippen LogP contribution is -2.41. The predicted octanol–water partition coefficient (Wildman–Crippen LogP) is 4.01. The molecule has 21 heavy (non-hydrogen) atoms. The first-order valence-corrected chi connectivity index (χ1v) is 7.58. The van der Waals surface area contributed by atoms with E-state index in [0.29, 0.717) is 6.42 Å². The normalized spacial score (nSPS) is 15.1. The SMILES string of the molecule is CCC[C@@](C)(OC)C(=O)Nc1ccc(O[C@@H](C)CC)cc1. The number of anilines is 1. The van der Waals surface area contributed by atoms with Crippen molar-refractivity contribution in [1.29, 1.82) is 0 Å². The molecule has 0 spiro atoms. The van der Waals surface area contributed by atoms with Gasteiger partial charge in [0.15, 0.2) is 0 Å². The highest BCUT2D eigenvalue weighted by molar-refractivity contribution is 5.97. The molecule has 1 aromatic rings. The Hall–Kier alpha value is -1.55. The maximum atomic E-state index is 12.3. The van der Waals surface area contributed by atoms with Gasteiger partial charge in [-0.05, 0) is 51.0 Å². The summed E-state index contributed by atoms with van der Waals surface area (Å²) in [6.45, 7) is 7.96. The molecule has 0 aromatic heterocycles. The van der Waals surface area contributed by atoms with Gasteiger partial charge in [-0.1, -0.05) is 20.3 Å². The Bertz CT molecular complexity index is 444. The fraction of sp³-hybridized carbons (Fsp3) is 0.588. The minimum absolute atomic E-state index is 0.123. The maximum absolute atomic E-state index is 12.3. The van der Waals surface area contributed by atoms with Gasteiger partial charge in [0, 0.05) is 12.8 Å². The Balaban J connectivity index is 2.68. The number of benzene rings is 1. The molecule has 1 N–H and O–H groups in total. The summed E-state index contributed by atoms with van der Waals surface area (Å²) >= 11 is 0. The third-order valence-corrected chi connectivity index (χ3v) is 3.68. The van der Waals surface area contributed by atoms with Gasteiger partial charge in [-0.15, -0.1) is 0 Å². The largest absolute Gasteiger partial charge is 0.491 e. The van der Waals surface area contributed by atoms with E-state index in [9.17, 15) is 4.79 Å². The Kier molecular flexibility index (Phi) is 6.69. The molecule has 4 nitrogen and oxygen atoms in total. The van der Waals surface area contributed by atoms with Crippen LogP contribution in [0.15, 0.2) is 24.3 Å². The molecule has 0 aliphatic heterocycles. The number of amides is 1. The topological polar surface area (TPSA) is 47.6 Å². The highest BCUT2D eigenvalue weighted by Gasteiger charge is 2.31. The summed E-state index contributed by atoms with van der Waals surface area (Å²) in [4.78, 5) is 12.3. The molecule has 0 bridgehead atoms. The molecule has 0 saturated carbocycles. The second kappa shape index (κ2) is 8.03. The Morgan fingerprint density at radius 3 is 2.38 bits per heavy atom. The smallest absolute Gasteiger partial charge is 0.256 e. The van der Waals surface area contributed by atoms with Crippen molar-refractivity contribution in [1.82, 2.24) is 0 Å². The molecular formula is C17H27NO3. The fourth-order valence-electron chi connectivity index (χ4n) is 1.98. The third-order valence-electron chi connectivity index (χ3n) is 3.68. The zero-order valence-corrected chi connectivity index (χ0v) is 13.7. The third kappa shape index (κ3) is 5.05.